The van der Waals surface area contributed by atoms with Crippen molar-refractivity contribution in [1.29, 1.82) is 0 Å². The minimum atomic E-state index is -0.735. The van der Waals surface area contributed by atoms with E-state index in [0.717, 1.165) is 30.8 Å². The summed E-state index contributed by atoms with van der Waals surface area (Å²) in [6.45, 7) is 2.42. The van der Waals surface area contributed by atoms with Crippen molar-refractivity contribution in [2.75, 3.05) is 25.0 Å². The van der Waals surface area contributed by atoms with Crippen LogP contribution in [-0.4, -0.2) is 61.3 Å². The number of hydrazine groups is 1. The second kappa shape index (κ2) is 9.09. The third kappa shape index (κ3) is 4.85. The zero-order valence-corrected chi connectivity index (χ0v) is 19.6. The van der Waals surface area contributed by atoms with Gasteiger partial charge in [0, 0.05) is 37.0 Å². The molecular weight excluding hydrogens is 484 g/mol. The Kier molecular flexibility index (Phi) is 6.01. The summed E-state index contributed by atoms with van der Waals surface area (Å²) >= 11 is 3.68. The van der Waals surface area contributed by atoms with Crippen LogP contribution in [0.1, 0.15) is 11.1 Å². The van der Waals surface area contributed by atoms with E-state index in [1.165, 1.54) is 16.1 Å². The summed E-state index contributed by atoms with van der Waals surface area (Å²) < 4.78 is -0.735. The maximum Gasteiger partial charge on any atom is 0.272 e. The van der Waals surface area contributed by atoms with E-state index in [0.29, 0.717) is 12.1 Å². The molecule has 0 spiro atoms. The zero-order valence-electron chi connectivity index (χ0n) is 18.0. The molecule has 1 aliphatic carbocycles. The number of aliphatic hydroxyl groups is 1. The molecule has 3 N–H and O–H groups in total. The van der Waals surface area contributed by atoms with Gasteiger partial charge in [0.15, 0.2) is 0 Å². The lowest BCUT2D eigenvalue weighted by atomic mass is 9.95. The second-order valence-electron chi connectivity index (χ2n) is 8.47. The van der Waals surface area contributed by atoms with Crippen molar-refractivity contribution < 1.29 is 9.90 Å². The number of nitrogens with zero attached hydrogens (tertiary/aromatic N) is 4. The van der Waals surface area contributed by atoms with Crippen LogP contribution in [0.2, 0.25) is 0 Å². The van der Waals surface area contributed by atoms with Gasteiger partial charge in [-0.1, -0.05) is 46.3 Å². The van der Waals surface area contributed by atoms with Gasteiger partial charge in [-0.05, 0) is 35.8 Å². The van der Waals surface area contributed by atoms with Gasteiger partial charge in [-0.15, -0.1) is 0 Å². The predicted octanol–water partition coefficient (Wildman–Crippen LogP) is 2.13. The number of hydrogen-bond acceptors (Lipinski definition) is 7. The summed E-state index contributed by atoms with van der Waals surface area (Å²) in [6.07, 6.45) is 11.0. The minimum absolute atomic E-state index is 0.182. The molecule has 2 unspecified atom stereocenters. The average Bonchev–Trinajstić information content (AvgIpc) is 2.82. The molecule has 5 rings (SSSR count). The fourth-order valence-electron chi connectivity index (χ4n) is 4.38. The first kappa shape index (κ1) is 21.8. The van der Waals surface area contributed by atoms with Crippen molar-refractivity contribution in [3.8, 4) is 0 Å². The third-order valence-corrected chi connectivity index (χ3v) is 6.71. The van der Waals surface area contributed by atoms with Crippen LogP contribution in [0.5, 0.6) is 0 Å². The molecule has 3 aliphatic rings. The first-order valence-corrected chi connectivity index (χ1v) is 11.7. The monoisotopic (exact) mass is 508 g/mol. The fraction of sp³-hybridized carbons (Fsp3) is 0.292. The number of anilines is 1. The Labute approximate surface area is 200 Å². The standard InChI is InChI=1S/C24H25BrN6O2/c25-24(29-20-6-9-26-27-13-20)8-5-18-12-28-31(23(33)22(18)11-24)16-21(32)15-30-10-7-17-3-1-2-4-19(17)14-30/h1-6,8-9,11-13,21,28,32H,7,10,14-16H2,(H,26,29). The van der Waals surface area contributed by atoms with E-state index in [4.69, 9.17) is 0 Å². The third-order valence-electron chi connectivity index (χ3n) is 6.01. The average molecular weight is 509 g/mol. The summed E-state index contributed by atoms with van der Waals surface area (Å²) in [6, 6.07) is 10.2. The number of hydrogen-bond donors (Lipinski definition) is 3. The summed E-state index contributed by atoms with van der Waals surface area (Å²) in [5.41, 5.74) is 7.83. The summed E-state index contributed by atoms with van der Waals surface area (Å²) in [4.78, 5) is 15.5. The summed E-state index contributed by atoms with van der Waals surface area (Å²) in [5.74, 6) is -0.182. The number of carbonyl (C=O) groups excluding carboxylic acids is 1. The van der Waals surface area contributed by atoms with Crippen molar-refractivity contribution in [3.63, 3.8) is 0 Å². The fourth-order valence-corrected chi connectivity index (χ4v) is 4.97. The number of β-amino-alcohol motifs (C(OH)–C–C–N with tert-alkyl or cyclic N) is 1. The Balaban J connectivity index is 1.23. The zero-order chi connectivity index (χ0) is 22.8. The van der Waals surface area contributed by atoms with Crippen molar-refractivity contribution in [2.45, 2.75) is 23.5 Å². The predicted molar refractivity (Wildman–Crippen MR) is 129 cm³/mol. The van der Waals surface area contributed by atoms with Gasteiger partial charge in [0.1, 0.15) is 4.45 Å². The van der Waals surface area contributed by atoms with Gasteiger partial charge in [-0.3, -0.25) is 14.7 Å². The van der Waals surface area contributed by atoms with E-state index in [9.17, 15) is 9.90 Å². The maximum atomic E-state index is 13.2. The van der Waals surface area contributed by atoms with E-state index in [1.807, 2.05) is 18.2 Å². The number of aromatic nitrogens is 2. The van der Waals surface area contributed by atoms with Crippen LogP contribution < -0.4 is 10.7 Å². The van der Waals surface area contributed by atoms with Gasteiger partial charge in [-0.25, -0.2) is 0 Å². The highest BCUT2D eigenvalue weighted by atomic mass is 79.9. The maximum absolute atomic E-state index is 13.2. The number of aliphatic hydroxyl groups excluding tert-OH is 1. The van der Waals surface area contributed by atoms with Crippen molar-refractivity contribution in [1.82, 2.24) is 25.5 Å². The number of alkyl halides is 1. The van der Waals surface area contributed by atoms with Gasteiger partial charge >= 0.3 is 0 Å². The van der Waals surface area contributed by atoms with Gasteiger partial charge in [0.2, 0.25) is 0 Å². The van der Waals surface area contributed by atoms with Gasteiger partial charge < -0.3 is 15.8 Å². The van der Waals surface area contributed by atoms with Crippen LogP contribution in [0, 0.1) is 0 Å². The SMILES string of the molecule is O=C1C2=CC(Br)(Nc3ccnnc3)C=CC2=CNN1CC(O)CN1CCc2ccccc2C1. The molecule has 170 valence electrons. The Morgan fingerprint density at radius 1 is 1.21 bits per heavy atom. The summed E-state index contributed by atoms with van der Waals surface area (Å²) in [7, 11) is 0. The molecule has 1 aromatic carbocycles. The largest absolute Gasteiger partial charge is 0.390 e. The van der Waals surface area contributed by atoms with Crippen LogP contribution in [0.3, 0.4) is 0 Å². The molecule has 0 saturated carbocycles. The molecule has 3 heterocycles. The molecule has 0 bridgehead atoms. The molecule has 2 aromatic rings. The molecule has 8 nitrogen and oxygen atoms in total. The molecule has 0 radical (unpaired) electrons. The van der Waals surface area contributed by atoms with Crippen molar-refractivity contribution in [2.24, 2.45) is 0 Å². The van der Waals surface area contributed by atoms with Crippen LogP contribution in [0.25, 0.3) is 0 Å². The number of fused-ring (bicyclic) bond motifs is 2. The first-order chi connectivity index (χ1) is 16.0. The molecule has 33 heavy (non-hydrogen) atoms. The van der Waals surface area contributed by atoms with Crippen molar-refractivity contribution >= 4 is 27.5 Å². The highest BCUT2D eigenvalue weighted by molar-refractivity contribution is 9.10. The van der Waals surface area contributed by atoms with Gasteiger partial charge in [0.05, 0.1) is 30.7 Å². The molecule has 0 saturated heterocycles. The molecule has 0 fully saturated rings. The van der Waals surface area contributed by atoms with Gasteiger partial charge in [-0.2, -0.15) is 10.2 Å². The van der Waals surface area contributed by atoms with E-state index in [1.54, 1.807) is 24.7 Å². The summed E-state index contributed by atoms with van der Waals surface area (Å²) in [5, 5.41) is 23.2. The molecule has 1 aromatic heterocycles. The normalized spacial score (nSPS) is 23.1. The highest BCUT2D eigenvalue weighted by Gasteiger charge is 2.33. The van der Waals surface area contributed by atoms with Crippen LogP contribution >= 0.6 is 15.9 Å². The Morgan fingerprint density at radius 3 is 2.88 bits per heavy atom. The van der Waals surface area contributed by atoms with Crippen molar-refractivity contribution in [3.05, 3.63) is 89.4 Å². The minimum Gasteiger partial charge on any atom is -0.390 e. The smallest absolute Gasteiger partial charge is 0.272 e. The lowest BCUT2D eigenvalue weighted by Crippen LogP contribution is -2.51. The molecule has 9 heteroatoms. The molecule has 2 atom stereocenters. The quantitative estimate of drug-likeness (QED) is 0.406. The van der Waals surface area contributed by atoms with Crippen LogP contribution in [0.15, 0.2) is 78.3 Å². The van der Waals surface area contributed by atoms with Crippen LogP contribution in [-0.2, 0) is 17.8 Å². The number of carbonyl (C=O) groups is 1. The molecule has 1 amide bonds. The highest BCUT2D eigenvalue weighted by Crippen LogP contribution is 2.34. The van der Waals surface area contributed by atoms with E-state index < -0.39 is 10.6 Å². The Hall–Kier alpha value is -3.01. The number of benzene rings is 1. The van der Waals surface area contributed by atoms with E-state index in [2.05, 4.69) is 66.0 Å². The molecule has 2 aliphatic heterocycles. The Bertz CT molecular complexity index is 1130. The number of rotatable bonds is 6. The lowest BCUT2D eigenvalue weighted by molar-refractivity contribution is -0.131. The van der Waals surface area contributed by atoms with Crippen LogP contribution in [0.4, 0.5) is 5.69 Å². The number of allylic oxidation sites excluding steroid dienone is 1. The number of nitrogens with one attached hydrogen (secondary N) is 2. The number of amides is 1. The Morgan fingerprint density at radius 2 is 2.06 bits per heavy atom. The lowest BCUT2D eigenvalue weighted by Gasteiger charge is -2.35. The molecular formula is C24H25BrN6O2. The second-order valence-corrected chi connectivity index (χ2v) is 9.78. The van der Waals surface area contributed by atoms with E-state index >= 15 is 0 Å². The van der Waals surface area contributed by atoms with E-state index in [-0.39, 0.29) is 12.5 Å². The number of halogens is 1. The first-order valence-electron chi connectivity index (χ1n) is 10.9. The topological polar surface area (TPSA) is 93.6 Å². The van der Waals surface area contributed by atoms with Gasteiger partial charge in [0.25, 0.3) is 5.91 Å².